The second kappa shape index (κ2) is 4.12. The van der Waals surface area contributed by atoms with Crippen molar-refractivity contribution in [2.24, 2.45) is 0 Å². The van der Waals surface area contributed by atoms with Gasteiger partial charge in [-0.3, -0.25) is 0 Å². The lowest BCUT2D eigenvalue weighted by Crippen LogP contribution is -2.13. The van der Waals surface area contributed by atoms with Crippen molar-refractivity contribution in [1.29, 1.82) is 0 Å². The predicted octanol–water partition coefficient (Wildman–Crippen LogP) is 0.824. The van der Waals surface area contributed by atoms with Crippen molar-refractivity contribution in [1.82, 2.24) is 0 Å². The first-order valence-corrected chi connectivity index (χ1v) is 3.00. The van der Waals surface area contributed by atoms with Gasteiger partial charge in [-0.05, 0) is 5.57 Å². The summed E-state index contributed by atoms with van der Waals surface area (Å²) in [7, 11) is 0. The molecule has 2 N–H and O–H groups in total. The molecule has 0 aliphatic rings. The van der Waals surface area contributed by atoms with Gasteiger partial charge in [0.15, 0.2) is 5.57 Å². The number of rotatable bonds is 4. The van der Waals surface area contributed by atoms with Crippen LogP contribution in [0, 0.1) is 0 Å². The van der Waals surface area contributed by atoms with E-state index in [0.29, 0.717) is 0 Å². The third kappa shape index (κ3) is 2.09. The molecule has 0 aromatic heterocycles. The Morgan fingerprint density at radius 1 is 1.00 bits per heavy atom. The van der Waals surface area contributed by atoms with Crippen LogP contribution in [0.15, 0.2) is 36.5 Å². The fraction of sp³-hybridized carbons (Fsp3) is 0. The lowest BCUT2D eigenvalue weighted by atomic mass is 10.1. The van der Waals surface area contributed by atoms with E-state index in [4.69, 9.17) is 10.2 Å². The van der Waals surface area contributed by atoms with E-state index in [9.17, 15) is 9.59 Å². The molecule has 12 heavy (non-hydrogen) atoms. The predicted molar refractivity (Wildman–Crippen MR) is 42.7 cm³/mol. The van der Waals surface area contributed by atoms with Gasteiger partial charge >= 0.3 is 11.9 Å². The average molecular weight is 168 g/mol. The lowest BCUT2D eigenvalue weighted by molar-refractivity contribution is -0.140. The first-order valence-electron chi connectivity index (χ1n) is 3.00. The Morgan fingerprint density at radius 3 is 1.42 bits per heavy atom. The van der Waals surface area contributed by atoms with Crippen molar-refractivity contribution >= 4 is 11.9 Å². The van der Waals surface area contributed by atoms with Gasteiger partial charge in [-0.15, -0.1) is 0 Å². The quantitative estimate of drug-likeness (QED) is 0.282. The minimum absolute atomic E-state index is 0.00463. The molecule has 0 saturated heterocycles. The van der Waals surface area contributed by atoms with Crippen LogP contribution in [-0.4, -0.2) is 22.2 Å². The molecule has 0 radical (unpaired) electrons. The molecule has 0 atom stereocenters. The average Bonchev–Trinajstić information content (AvgIpc) is 1.98. The van der Waals surface area contributed by atoms with Crippen molar-refractivity contribution in [3.63, 3.8) is 0 Å². The van der Waals surface area contributed by atoms with Crippen LogP contribution in [0.1, 0.15) is 0 Å². The smallest absolute Gasteiger partial charge is 0.343 e. The zero-order valence-corrected chi connectivity index (χ0v) is 6.28. The fourth-order valence-corrected chi connectivity index (χ4v) is 0.626. The van der Waals surface area contributed by atoms with Gasteiger partial charge in [0.25, 0.3) is 0 Å². The monoisotopic (exact) mass is 168 g/mol. The topological polar surface area (TPSA) is 74.6 Å². The van der Waals surface area contributed by atoms with E-state index < -0.39 is 17.5 Å². The zero-order chi connectivity index (χ0) is 9.72. The number of carbonyl (C=O) groups is 2. The highest BCUT2D eigenvalue weighted by Crippen LogP contribution is 2.07. The number of carboxylic acid groups (broad SMARTS) is 2. The van der Waals surface area contributed by atoms with Crippen molar-refractivity contribution in [2.75, 3.05) is 0 Å². The first-order chi connectivity index (χ1) is 5.54. The first kappa shape index (κ1) is 10.2. The van der Waals surface area contributed by atoms with Gasteiger partial charge in [-0.2, -0.15) is 0 Å². The molecule has 0 spiro atoms. The lowest BCUT2D eigenvalue weighted by Gasteiger charge is -1.97. The third-order valence-electron chi connectivity index (χ3n) is 1.16. The van der Waals surface area contributed by atoms with E-state index in [1.54, 1.807) is 0 Å². The fourth-order valence-electron chi connectivity index (χ4n) is 0.626. The van der Waals surface area contributed by atoms with Crippen molar-refractivity contribution in [2.45, 2.75) is 0 Å². The summed E-state index contributed by atoms with van der Waals surface area (Å²) >= 11 is 0. The minimum Gasteiger partial charge on any atom is -0.477 e. The highest BCUT2D eigenvalue weighted by atomic mass is 16.4. The molecule has 0 aromatic carbocycles. The molecule has 0 amide bonds. The van der Waals surface area contributed by atoms with Crippen molar-refractivity contribution < 1.29 is 19.8 Å². The van der Waals surface area contributed by atoms with Gasteiger partial charge in [0, 0.05) is 0 Å². The number of hydrogen-bond acceptors (Lipinski definition) is 2. The Balaban J connectivity index is 5.32. The highest BCUT2D eigenvalue weighted by Gasteiger charge is 2.18. The summed E-state index contributed by atoms with van der Waals surface area (Å²) in [5, 5.41) is 16.9. The van der Waals surface area contributed by atoms with E-state index in [2.05, 4.69) is 13.2 Å². The van der Waals surface area contributed by atoms with Crippen LogP contribution in [0.2, 0.25) is 0 Å². The maximum Gasteiger partial charge on any atom is 0.343 e. The summed E-state index contributed by atoms with van der Waals surface area (Å²) in [6.07, 6.45) is 2.26. The second-order valence-corrected chi connectivity index (χ2v) is 1.85. The Bertz CT molecular complexity index is 247. The summed E-state index contributed by atoms with van der Waals surface area (Å²) < 4.78 is 0. The van der Waals surface area contributed by atoms with E-state index >= 15 is 0 Å². The molecule has 0 bridgehead atoms. The zero-order valence-electron chi connectivity index (χ0n) is 6.28. The molecule has 4 heteroatoms. The molecular weight excluding hydrogens is 160 g/mol. The molecule has 4 nitrogen and oxygen atoms in total. The molecular formula is C8H8O4. The maximum absolute atomic E-state index is 10.4. The molecule has 0 fully saturated rings. The standard InChI is InChI=1S/C8H8O4/c1-3-5(4-2)6(7(9)10)8(11)12/h3-4H,1-2H2,(H,9,10)(H,11,12). The number of carboxylic acids is 2. The van der Waals surface area contributed by atoms with Gasteiger partial charge in [-0.25, -0.2) is 9.59 Å². The van der Waals surface area contributed by atoms with Crippen molar-refractivity contribution in [3.05, 3.63) is 36.5 Å². The molecule has 0 aliphatic heterocycles. The van der Waals surface area contributed by atoms with Crippen LogP contribution < -0.4 is 0 Å². The number of allylic oxidation sites excluding steroid dienone is 3. The summed E-state index contributed by atoms with van der Waals surface area (Å²) in [5.41, 5.74) is -0.727. The Labute approximate surface area is 69.1 Å². The van der Waals surface area contributed by atoms with Crippen LogP contribution >= 0.6 is 0 Å². The summed E-state index contributed by atoms with van der Waals surface area (Å²) in [5.74, 6) is -3.00. The van der Waals surface area contributed by atoms with Gasteiger partial charge in [0.1, 0.15) is 0 Å². The molecule has 0 unspecified atom stereocenters. The van der Waals surface area contributed by atoms with E-state index in [1.165, 1.54) is 0 Å². The van der Waals surface area contributed by atoms with Crippen molar-refractivity contribution in [3.8, 4) is 0 Å². The summed E-state index contributed by atoms with van der Waals surface area (Å²) in [6, 6.07) is 0. The molecule has 0 heterocycles. The van der Waals surface area contributed by atoms with Crippen LogP contribution in [0.3, 0.4) is 0 Å². The number of aliphatic carboxylic acids is 2. The van der Waals surface area contributed by atoms with Gasteiger partial charge in [0.05, 0.1) is 0 Å². The molecule has 0 saturated carbocycles. The van der Waals surface area contributed by atoms with E-state index in [1.807, 2.05) is 0 Å². The summed E-state index contributed by atoms with van der Waals surface area (Å²) in [6.45, 7) is 6.52. The van der Waals surface area contributed by atoms with Crippen LogP contribution in [0.5, 0.6) is 0 Å². The Hall–Kier alpha value is -1.84. The number of hydrogen-bond donors (Lipinski definition) is 2. The van der Waals surface area contributed by atoms with E-state index in [0.717, 1.165) is 12.2 Å². The van der Waals surface area contributed by atoms with Gasteiger partial charge in [-0.1, -0.05) is 25.3 Å². The summed E-state index contributed by atoms with van der Waals surface area (Å²) in [4.78, 5) is 20.7. The Kier molecular flexibility index (Phi) is 3.49. The second-order valence-electron chi connectivity index (χ2n) is 1.85. The van der Waals surface area contributed by atoms with Crippen LogP contribution in [0.25, 0.3) is 0 Å². The molecule has 0 rings (SSSR count). The van der Waals surface area contributed by atoms with Gasteiger partial charge < -0.3 is 10.2 Å². The highest BCUT2D eigenvalue weighted by molar-refractivity contribution is 6.13. The SMILES string of the molecule is C=CC(C=C)=C(C(=O)O)C(=O)O. The molecule has 0 aromatic rings. The third-order valence-corrected chi connectivity index (χ3v) is 1.16. The van der Waals surface area contributed by atoms with E-state index in [-0.39, 0.29) is 5.57 Å². The molecule has 64 valence electrons. The largest absolute Gasteiger partial charge is 0.477 e. The minimum atomic E-state index is -1.50. The normalized spacial score (nSPS) is 8.33. The van der Waals surface area contributed by atoms with Crippen LogP contribution in [-0.2, 0) is 9.59 Å². The molecule has 0 aliphatic carbocycles. The maximum atomic E-state index is 10.4. The van der Waals surface area contributed by atoms with Gasteiger partial charge in [0.2, 0.25) is 0 Å². The Morgan fingerprint density at radius 2 is 1.33 bits per heavy atom. The van der Waals surface area contributed by atoms with Crippen LogP contribution in [0.4, 0.5) is 0 Å².